The van der Waals surface area contributed by atoms with Gasteiger partial charge in [-0.2, -0.15) is 0 Å². The highest BCUT2D eigenvalue weighted by Gasteiger charge is 2.21. The molecule has 6 heteroatoms. The molecule has 1 atom stereocenters. The summed E-state index contributed by atoms with van der Waals surface area (Å²) in [4.78, 5) is 15.8. The smallest absolute Gasteiger partial charge is 0.254 e. The first-order chi connectivity index (χ1) is 9.83. The Balaban J connectivity index is 1.64. The number of morpholine rings is 1. The number of amides is 1. The largest absolute Gasteiger partial charge is 0.444 e. The van der Waals surface area contributed by atoms with Gasteiger partial charge in [0.1, 0.15) is 6.10 Å². The van der Waals surface area contributed by atoms with E-state index >= 15 is 0 Å². The van der Waals surface area contributed by atoms with Gasteiger partial charge in [-0.25, -0.2) is 4.98 Å². The summed E-state index contributed by atoms with van der Waals surface area (Å²) in [6, 6.07) is 7.39. The molecule has 0 spiro atoms. The van der Waals surface area contributed by atoms with E-state index in [4.69, 9.17) is 9.15 Å². The van der Waals surface area contributed by atoms with Crippen LogP contribution in [0.4, 0.5) is 5.69 Å². The molecule has 0 radical (unpaired) electrons. The fraction of sp³-hybridized carbons (Fsp3) is 0.286. The second-order valence-electron chi connectivity index (χ2n) is 4.50. The number of nitrogens with zero attached hydrogens (tertiary/aromatic N) is 1. The van der Waals surface area contributed by atoms with Crippen molar-refractivity contribution in [1.82, 2.24) is 10.3 Å². The molecule has 0 bridgehead atoms. The molecule has 1 fully saturated rings. The Morgan fingerprint density at radius 1 is 1.35 bits per heavy atom. The third kappa shape index (κ3) is 2.87. The van der Waals surface area contributed by atoms with Crippen LogP contribution in [0.3, 0.4) is 0 Å². The number of hydrogen-bond acceptors (Lipinski definition) is 5. The number of rotatable bonds is 3. The molecule has 3 rings (SSSR count). The summed E-state index contributed by atoms with van der Waals surface area (Å²) >= 11 is 0. The lowest BCUT2D eigenvalue weighted by Crippen LogP contribution is -2.45. The van der Waals surface area contributed by atoms with Gasteiger partial charge in [-0.3, -0.25) is 4.79 Å². The fourth-order valence-electron chi connectivity index (χ4n) is 2.03. The van der Waals surface area contributed by atoms with Crippen LogP contribution >= 0.6 is 0 Å². The second kappa shape index (κ2) is 5.85. The van der Waals surface area contributed by atoms with Crippen molar-refractivity contribution in [2.24, 2.45) is 0 Å². The first kappa shape index (κ1) is 12.8. The van der Waals surface area contributed by atoms with Crippen molar-refractivity contribution in [2.45, 2.75) is 6.10 Å². The normalized spacial score (nSPS) is 18.7. The van der Waals surface area contributed by atoms with Crippen molar-refractivity contribution in [3.8, 4) is 11.3 Å². The van der Waals surface area contributed by atoms with Crippen molar-refractivity contribution in [2.75, 3.05) is 25.0 Å². The number of benzene rings is 1. The minimum absolute atomic E-state index is 0.135. The van der Waals surface area contributed by atoms with Gasteiger partial charge < -0.3 is 19.8 Å². The predicted molar refractivity (Wildman–Crippen MR) is 73.2 cm³/mol. The van der Waals surface area contributed by atoms with Gasteiger partial charge in [-0.1, -0.05) is 0 Å². The molecule has 6 nitrogen and oxygen atoms in total. The van der Waals surface area contributed by atoms with Crippen molar-refractivity contribution < 1.29 is 13.9 Å². The van der Waals surface area contributed by atoms with Crippen molar-refractivity contribution in [3.05, 3.63) is 36.9 Å². The van der Waals surface area contributed by atoms with Crippen LogP contribution in [0.1, 0.15) is 0 Å². The molecule has 2 aromatic rings. The number of hydrogen-bond donors (Lipinski definition) is 2. The quantitative estimate of drug-likeness (QED) is 0.880. The van der Waals surface area contributed by atoms with Crippen molar-refractivity contribution in [1.29, 1.82) is 0 Å². The zero-order valence-electron chi connectivity index (χ0n) is 10.8. The van der Waals surface area contributed by atoms with E-state index in [9.17, 15) is 4.79 Å². The molecule has 1 amide bonds. The second-order valence-corrected chi connectivity index (χ2v) is 4.50. The highest BCUT2D eigenvalue weighted by molar-refractivity contribution is 5.94. The number of carbonyl (C=O) groups excluding carboxylic acids is 1. The van der Waals surface area contributed by atoms with Gasteiger partial charge in [0.15, 0.2) is 12.2 Å². The summed E-state index contributed by atoms with van der Waals surface area (Å²) < 4.78 is 10.6. The van der Waals surface area contributed by atoms with Crippen LogP contribution in [0, 0.1) is 0 Å². The molecule has 0 aliphatic carbocycles. The molecular formula is C14H15N3O3. The first-order valence-electron chi connectivity index (χ1n) is 6.45. The molecule has 1 aliphatic heterocycles. The van der Waals surface area contributed by atoms with Crippen LogP contribution < -0.4 is 10.6 Å². The van der Waals surface area contributed by atoms with E-state index < -0.39 is 6.10 Å². The van der Waals surface area contributed by atoms with E-state index in [0.717, 1.165) is 17.8 Å². The van der Waals surface area contributed by atoms with E-state index in [1.165, 1.54) is 6.39 Å². The van der Waals surface area contributed by atoms with E-state index in [0.29, 0.717) is 18.9 Å². The summed E-state index contributed by atoms with van der Waals surface area (Å²) in [7, 11) is 0. The number of carbonyl (C=O) groups is 1. The molecule has 2 heterocycles. The Bertz CT molecular complexity index is 560. The highest BCUT2D eigenvalue weighted by Crippen LogP contribution is 2.20. The fourth-order valence-corrected chi connectivity index (χ4v) is 2.03. The van der Waals surface area contributed by atoms with Gasteiger partial charge in [-0.15, -0.1) is 0 Å². The van der Waals surface area contributed by atoms with Gasteiger partial charge in [0, 0.05) is 24.3 Å². The summed E-state index contributed by atoms with van der Waals surface area (Å²) in [5.41, 5.74) is 1.64. The zero-order chi connectivity index (χ0) is 13.8. The van der Waals surface area contributed by atoms with Crippen molar-refractivity contribution >= 4 is 11.6 Å². The number of aromatic nitrogens is 1. The van der Waals surface area contributed by atoms with Gasteiger partial charge in [0.25, 0.3) is 5.91 Å². The van der Waals surface area contributed by atoms with Crippen LogP contribution in [0.15, 0.2) is 41.3 Å². The number of nitrogens with one attached hydrogen (secondary N) is 2. The minimum atomic E-state index is -0.433. The van der Waals surface area contributed by atoms with Gasteiger partial charge >= 0.3 is 0 Å². The summed E-state index contributed by atoms with van der Waals surface area (Å²) in [6.07, 6.45) is 2.60. The third-order valence-corrected chi connectivity index (χ3v) is 3.09. The average Bonchev–Trinajstić information content (AvgIpc) is 3.03. The molecule has 0 unspecified atom stereocenters. The Morgan fingerprint density at radius 3 is 2.85 bits per heavy atom. The summed E-state index contributed by atoms with van der Waals surface area (Å²) in [5.74, 6) is 0.562. The summed E-state index contributed by atoms with van der Waals surface area (Å²) in [5, 5.41) is 5.96. The molecule has 20 heavy (non-hydrogen) atoms. The van der Waals surface area contributed by atoms with Crippen LogP contribution in [-0.2, 0) is 9.53 Å². The number of anilines is 1. The van der Waals surface area contributed by atoms with E-state index in [-0.39, 0.29) is 5.91 Å². The maximum Gasteiger partial charge on any atom is 0.254 e. The van der Waals surface area contributed by atoms with E-state index in [2.05, 4.69) is 15.6 Å². The maximum absolute atomic E-state index is 12.0. The number of ether oxygens (including phenoxy) is 1. The summed E-state index contributed by atoms with van der Waals surface area (Å²) in [6.45, 7) is 1.89. The molecular weight excluding hydrogens is 258 g/mol. The van der Waals surface area contributed by atoms with Gasteiger partial charge in [0.2, 0.25) is 0 Å². The van der Waals surface area contributed by atoms with E-state index in [1.54, 1.807) is 6.20 Å². The molecule has 0 saturated carbocycles. The predicted octanol–water partition coefficient (Wildman–Crippen LogP) is 1.27. The average molecular weight is 273 g/mol. The topological polar surface area (TPSA) is 76.4 Å². The van der Waals surface area contributed by atoms with Crippen molar-refractivity contribution in [3.63, 3.8) is 0 Å². The molecule has 1 aromatic heterocycles. The highest BCUT2D eigenvalue weighted by atomic mass is 16.5. The van der Waals surface area contributed by atoms with E-state index in [1.807, 2.05) is 24.3 Å². The maximum atomic E-state index is 12.0. The van der Waals surface area contributed by atoms with Crippen LogP contribution in [0.25, 0.3) is 11.3 Å². The Hall–Kier alpha value is -2.18. The zero-order valence-corrected chi connectivity index (χ0v) is 10.8. The number of oxazole rings is 1. The molecule has 1 aromatic carbocycles. The lowest BCUT2D eigenvalue weighted by molar-refractivity contribution is -0.128. The Morgan fingerprint density at radius 2 is 2.20 bits per heavy atom. The standard InChI is InChI=1S/C14H15N3O3/c18-14(13-8-15-5-6-19-13)17-11-3-1-10(2-4-11)12-7-16-9-20-12/h1-4,7,9,13,15H,5-6,8H2,(H,17,18)/t13-/m1/s1. The Labute approximate surface area is 116 Å². The molecule has 104 valence electrons. The lowest BCUT2D eigenvalue weighted by Gasteiger charge is -2.22. The molecule has 1 aliphatic rings. The van der Waals surface area contributed by atoms with Gasteiger partial charge in [0.05, 0.1) is 12.8 Å². The van der Waals surface area contributed by atoms with Crippen LogP contribution in [0.2, 0.25) is 0 Å². The van der Waals surface area contributed by atoms with Gasteiger partial charge in [-0.05, 0) is 24.3 Å². The minimum Gasteiger partial charge on any atom is -0.444 e. The molecule has 2 N–H and O–H groups in total. The third-order valence-electron chi connectivity index (χ3n) is 3.09. The molecule has 1 saturated heterocycles. The lowest BCUT2D eigenvalue weighted by atomic mass is 10.1. The Kier molecular flexibility index (Phi) is 3.76. The van der Waals surface area contributed by atoms with Crippen LogP contribution in [0.5, 0.6) is 0 Å². The monoisotopic (exact) mass is 273 g/mol. The first-order valence-corrected chi connectivity index (χ1v) is 6.45. The SMILES string of the molecule is O=C(Nc1ccc(-c2cnco2)cc1)[C@H]1CNCCO1. The van der Waals surface area contributed by atoms with Crippen LogP contribution in [-0.4, -0.2) is 36.7 Å².